The maximum absolute atomic E-state index is 14.3. The van der Waals surface area contributed by atoms with E-state index in [2.05, 4.69) is 15.6 Å². The predicted octanol–water partition coefficient (Wildman–Crippen LogP) is 2.55. The van der Waals surface area contributed by atoms with Crippen LogP contribution in [0.1, 0.15) is 48.9 Å². The molecule has 6 N–H and O–H groups in total. The summed E-state index contributed by atoms with van der Waals surface area (Å²) in [5, 5.41) is 6.75. The molecule has 158 valence electrons. The molecule has 0 atom stereocenters. The van der Waals surface area contributed by atoms with Crippen molar-refractivity contribution in [2.75, 3.05) is 23.9 Å². The van der Waals surface area contributed by atoms with E-state index in [1.807, 2.05) is 0 Å². The first-order valence-corrected chi connectivity index (χ1v) is 11.5. The molecule has 1 aliphatic carbocycles. The second kappa shape index (κ2) is 8.81. The molecule has 2 aliphatic rings. The van der Waals surface area contributed by atoms with E-state index in [-0.39, 0.29) is 23.3 Å². The highest BCUT2D eigenvalue weighted by molar-refractivity contribution is 8.24. The third kappa shape index (κ3) is 5.25. The van der Waals surface area contributed by atoms with Crippen LogP contribution < -0.4 is 21.1 Å². The van der Waals surface area contributed by atoms with Gasteiger partial charge in [0.1, 0.15) is 5.56 Å². The molecule has 1 aromatic heterocycles. The molecule has 0 aromatic carbocycles. The van der Waals surface area contributed by atoms with Crippen LogP contribution in [0.3, 0.4) is 0 Å². The number of hydrogen-bond acceptors (Lipinski definition) is 7. The third-order valence-electron chi connectivity index (χ3n) is 5.53. The lowest BCUT2D eigenvalue weighted by Gasteiger charge is -2.41. The smallest absolute Gasteiger partial charge is 0.254 e. The normalized spacial score (nSPS) is 26.4. The van der Waals surface area contributed by atoms with Gasteiger partial charge in [0, 0.05) is 29.6 Å². The van der Waals surface area contributed by atoms with E-state index in [0.717, 1.165) is 44.6 Å². The summed E-state index contributed by atoms with van der Waals surface area (Å²) in [5.74, 6) is -0.377. The Labute approximate surface area is 165 Å². The first-order chi connectivity index (χ1) is 13.3. The Morgan fingerprint density at radius 3 is 2.32 bits per heavy atom. The zero-order valence-corrected chi connectivity index (χ0v) is 16.8. The van der Waals surface area contributed by atoms with Gasteiger partial charge in [-0.05, 0) is 44.6 Å². The van der Waals surface area contributed by atoms with Gasteiger partial charge in [-0.15, -0.1) is 0 Å². The molecule has 8 nitrogen and oxygen atoms in total. The molecular formula is C18H29FN4O4S. The number of primary amides is 1. The maximum Gasteiger partial charge on any atom is 0.254 e. The van der Waals surface area contributed by atoms with Crippen molar-refractivity contribution in [1.29, 1.82) is 0 Å². The van der Waals surface area contributed by atoms with Crippen LogP contribution in [0.15, 0.2) is 6.07 Å². The van der Waals surface area contributed by atoms with Crippen LogP contribution >= 0.6 is 10.6 Å². The van der Waals surface area contributed by atoms with Gasteiger partial charge in [-0.2, -0.15) is 15.6 Å². The molecule has 0 unspecified atom stereocenters. The zero-order valence-electron chi connectivity index (χ0n) is 16.0. The maximum atomic E-state index is 14.3. The number of amides is 1. The predicted molar refractivity (Wildman–Crippen MR) is 108 cm³/mol. The van der Waals surface area contributed by atoms with Crippen LogP contribution in [0.4, 0.5) is 10.2 Å². The van der Waals surface area contributed by atoms with Crippen molar-refractivity contribution in [2.45, 2.75) is 56.7 Å². The molecule has 10 heteroatoms. The van der Waals surface area contributed by atoms with Gasteiger partial charge in [0.25, 0.3) is 5.91 Å². The van der Waals surface area contributed by atoms with E-state index < -0.39 is 22.3 Å². The van der Waals surface area contributed by atoms with Crippen molar-refractivity contribution in [3.05, 3.63) is 17.4 Å². The largest absolute Gasteiger partial charge is 0.480 e. The molecular weight excluding hydrogens is 387 g/mol. The summed E-state index contributed by atoms with van der Waals surface area (Å²) in [6.07, 6.45) is 5.20. The van der Waals surface area contributed by atoms with Crippen LogP contribution in [0.5, 0.6) is 5.88 Å². The number of hydrogen-bond donors (Lipinski definition) is 5. The lowest BCUT2D eigenvalue weighted by molar-refractivity contribution is 0.0996. The molecule has 28 heavy (non-hydrogen) atoms. The molecule has 1 aromatic rings. The van der Waals surface area contributed by atoms with E-state index in [9.17, 15) is 18.3 Å². The second-order valence-corrected chi connectivity index (χ2v) is 10.0. The van der Waals surface area contributed by atoms with Gasteiger partial charge in [0.15, 0.2) is 11.6 Å². The number of rotatable bonds is 6. The Kier molecular flexibility index (Phi) is 6.64. The van der Waals surface area contributed by atoms with Crippen molar-refractivity contribution in [1.82, 2.24) is 10.3 Å². The van der Waals surface area contributed by atoms with Crippen molar-refractivity contribution in [3.8, 4) is 5.88 Å². The standard InChI is InChI=1S/C18H29FN4O4S/c1-27-18-14(16(20)24)10-15(19)17(23-18)22-12-4-2-11(3-5-12)21-13-6-8-28(25,26)9-7-13/h10-13,21,25-26H,2-9H2,1H3,(H2,20,24)(H,22,23)/t11-,12-. The molecule has 3 rings (SSSR count). The summed E-state index contributed by atoms with van der Waals surface area (Å²) < 4.78 is 38.8. The van der Waals surface area contributed by atoms with Crippen molar-refractivity contribution < 1.29 is 23.0 Å². The van der Waals surface area contributed by atoms with Gasteiger partial charge >= 0.3 is 0 Å². The quantitative estimate of drug-likeness (QED) is 0.482. The fourth-order valence-corrected chi connectivity index (χ4v) is 5.44. The summed E-state index contributed by atoms with van der Waals surface area (Å²) >= 11 is 0. The minimum atomic E-state index is -2.35. The highest BCUT2D eigenvalue weighted by Gasteiger charge is 2.28. The fourth-order valence-electron chi connectivity index (χ4n) is 3.91. The number of anilines is 1. The average Bonchev–Trinajstić information content (AvgIpc) is 2.66. The summed E-state index contributed by atoms with van der Waals surface area (Å²) in [5.41, 5.74) is 5.14. The Hall–Kier alpha value is -1.62. The highest BCUT2D eigenvalue weighted by atomic mass is 32.3. The number of halogens is 1. The van der Waals surface area contributed by atoms with Gasteiger partial charge in [0.05, 0.1) is 7.11 Å². The van der Waals surface area contributed by atoms with E-state index in [0.29, 0.717) is 23.6 Å². The average molecular weight is 417 g/mol. The Balaban J connectivity index is 1.51. The number of nitrogens with two attached hydrogens (primary N) is 1. The number of carbonyl (C=O) groups excluding carboxylic acids is 1. The lowest BCUT2D eigenvalue weighted by Crippen LogP contribution is -2.45. The number of nitrogens with zero attached hydrogens (tertiary/aromatic N) is 1. The van der Waals surface area contributed by atoms with E-state index in [4.69, 9.17) is 10.5 Å². The van der Waals surface area contributed by atoms with Gasteiger partial charge in [-0.25, -0.2) is 4.39 Å². The number of carbonyl (C=O) groups is 1. The summed E-state index contributed by atoms with van der Waals surface area (Å²) in [7, 11) is -0.991. The third-order valence-corrected chi connectivity index (χ3v) is 7.30. The van der Waals surface area contributed by atoms with Gasteiger partial charge in [-0.1, -0.05) is 0 Å². The Bertz CT molecular complexity index is 703. The molecule has 0 radical (unpaired) electrons. The van der Waals surface area contributed by atoms with Crippen molar-refractivity contribution in [2.24, 2.45) is 5.73 Å². The van der Waals surface area contributed by atoms with Crippen molar-refractivity contribution in [3.63, 3.8) is 0 Å². The first-order valence-electron chi connectivity index (χ1n) is 9.58. The van der Waals surface area contributed by atoms with Crippen LogP contribution in [-0.2, 0) is 0 Å². The number of nitrogens with one attached hydrogen (secondary N) is 2. The monoisotopic (exact) mass is 416 g/mol. The molecule has 1 saturated heterocycles. The van der Waals surface area contributed by atoms with Crippen molar-refractivity contribution >= 4 is 22.3 Å². The molecule has 1 saturated carbocycles. The summed E-state index contributed by atoms with van der Waals surface area (Å²) in [4.78, 5) is 15.4. The Morgan fingerprint density at radius 1 is 1.18 bits per heavy atom. The summed E-state index contributed by atoms with van der Waals surface area (Å²) in [6, 6.07) is 1.85. The SMILES string of the molecule is COc1nc(N[C@H]2CC[C@H](NC3CCS(O)(O)CC3)CC2)c(F)cc1C(N)=O. The molecule has 0 bridgehead atoms. The zero-order chi connectivity index (χ0) is 20.3. The fraction of sp³-hybridized carbons (Fsp3) is 0.667. The number of aromatic nitrogens is 1. The summed E-state index contributed by atoms with van der Waals surface area (Å²) in [6.45, 7) is 0. The lowest BCUT2D eigenvalue weighted by atomic mass is 9.90. The van der Waals surface area contributed by atoms with E-state index in [1.165, 1.54) is 7.11 Å². The van der Waals surface area contributed by atoms with Crippen LogP contribution in [0.25, 0.3) is 0 Å². The number of methoxy groups -OCH3 is 1. The first kappa shape index (κ1) is 21.1. The van der Waals surface area contributed by atoms with Crippen LogP contribution in [0.2, 0.25) is 0 Å². The number of ether oxygens (including phenoxy) is 1. The highest BCUT2D eigenvalue weighted by Crippen LogP contribution is 2.44. The molecule has 1 aliphatic heterocycles. The molecule has 1 amide bonds. The van der Waals surface area contributed by atoms with Crippen LogP contribution in [-0.4, -0.2) is 56.7 Å². The minimum Gasteiger partial charge on any atom is -0.480 e. The van der Waals surface area contributed by atoms with Gasteiger partial charge in [0.2, 0.25) is 5.88 Å². The number of pyridine rings is 1. The van der Waals surface area contributed by atoms with Gasteiger partial charge in [-0.3, -0.25) is 13.9 Å². The van der Waals surface area contributed by atoms with Gasteiger partial charge < -0.3 is 21.1 Å². The Morgan fingerprint density at radius 2 is 1.75 bits per heavy atom. The second-order valence-electron chi connectivity index (χ2n) is 7.58. The van der Waals surface area contributed by atoms with E-state index in [1.54, 1.807) is 0 Å². The molecule has 2 heterocycles. The minimum absolute atomic E-state index is 0.00928. The topological polar surface area (TPSA) is 130 Å². The van der Waals surface area contributed by atoms with E-state index >= 15 is 0 Å². The van der Waals surface area contributed by atoms with Crippen LogP contribution in [0, 0.1) is 5.82 Å². The molecule has 0 spiro atoms. The molecule has 2 fully saturated rings.